The lowest BCUT2D eigenvalue weighted by molar-refractivity contribution is -0.271. The van der Waals surface area contributed by atoms with E-state index < -0.39 is 47.2 Å². The lowest BCUT2D eigenvalue weighted by Crippen LogP contribution is -2.60. The fraction of sp³-hybridized carbons (Fsp3) is 0.703. The second-order valence-corrected chi connectivity index (χ2v) is 15.2. The third-order valence-electron chi connectivity index (χ3n) is 10.5. The normalized spacial score (nSPS) is 23.3. The van der Waals surface area contributed by atoms with Gasteiger partial charge in [0.1, 0.15) is 17.5 Å². The zero-order valence-corrected chi connectivity index (χ0v) is 30.4. The molecule has 278 valence electrons. The Balaban J connectivity index is 1.41. The molecule has 1 aromatic carbocycles. The number of Topliss-reactive ketones (excluding diaryl/α,β-unsaturated/α-hetero) is 1. The molecule has 2 aliphatic rings. The molecule has 2 amide bonds. The van der Waals surface area contributed by atoms with E-state index in [1.165, 1.54) is 12.0 Å². The maximum atomic E-state index is 14.8. The molecule has 2 aromatic rings. The number of unbranched alkanes of at least 4 members (excludes halogenated alkanes) is 2. The van der Waals surface area contributed by atoms with Gasteiger partial charge >= 0.3 is 12.3 Å². The molecule has 4 rings (SSSR count). The second kappa shape index (κ2) is 15.7. The number of halogens is 3. The number of benzene rings is 1. The van der Waals surface area contributed by atoms with Gasteiger partial charge < -0.3 is 24.8 Å². The summed E-state index contributed by atoms with van der Waals surface area (Å²) in [5, 5.41) is 12.9. The smallest absolute Gasteiger partial charge is 0.428 e. The van der Waals surface area contributed by atoms with Crippen molar-refractivity contribution in [1.29, 1.82) is 0 Å². The lowest BCUT2D eigenvalue weighted by atomic mass is 9.84. The Morgan fingerprint density at radius 2 is 1.80 bits per heavy atom. The Bertz CT molecular complexity index is 1530. The Morgan fingerprint density at radius 1 is 1.08 bits per heavy atom. The quantitative estimate of drug-likeness (QED) is 0.204. The molecule has 5 atom stereocenters. The average molecular weight is 707 g/mol. The molecule has 1 aliphatic heterocycles. The number of nitrogens with one attached hydrogen (secondary N) is 1. The number of aromatic nitrogens is 2. The summed E-state index contributed by atoms with van der Waals surface area (Å²) in [5.41, 5.74) is -2.05. The number of carbonyl (C=O) groups excluding carboxylic acids is 3. The summed E-state index contributed by atoms with van der Waals surface area (Å²) in [6.45, 7) is 11.0. The van der Waals surface area contributed by atoms with Crippen LogP contribution >= 0.6 is 0 Å². The summed E-state index contributed by atoms with van der Waals surface area (Å²) in [6.07, 6.45) is -2.44. The van der Waals surface area contributed by atoms with Crippen molar-refractivity contribution in [3.8, 4) is 11.6 Å². The maximum absolute atomic E-state index is 14.8. The summed E-state index contributed by atoms with van der Waals surface area (Å²) in [4.78, 5) is 50.8. The Kier molecular flexibility index (Phi) is 12.3. The van der Waals surface area contributed by atoms with Crippen LogP contribution in [0.3, 0.4) is 0 Å². The van der Waals surface area contributed by atoms with Gasteiger partial charge in [0, 0.05) is 24.4 Å². The van der Waals surface area contributed by atoms with Gasteiger partial charge in [0.05, 0.1) is 24.2 Å². The van der Waals surface area contributed by atoms with E-state index in [1.807, 2.05) is 6.92 Å². The van der Waals surface area contributed by atoms with Crippen LogP contribution < -0.4 is 10.1 Å². The van der Waals surface area contributed by atoms with Crippen molar-refractivity contribution in [2.75, 3.05) is 13.7 Å². The zero-order valence-electron chi connectivity index (χ0n) is 30.4. The molecule has 2 heterocycles. The van der Waals surface area contributed by atoms with Gasteiger partial charge in [-0.05, 0) is 68.4 Å². The molecule has 0 bridgehead atoms. The molecule has 50 heavy (non-hydrogen) atoms. The van der Waals surface area contributed by atoms with Crippen LogP contribution in [-0.4, -0.2) is 75.3 Å². The van der Waals surface area contributed by atoms with E-state index in [4.69, 9.17) is 9.47 Å². The van der Waals surface area contributed by atoms with Crippen molar-refractivity contribution >= 4 is 28.8 Å². The molecular weight excluding hydrogens is 653 g/mol. The Labute approximate surface area is 292 Å². The summed E-state index contributed by atoms with van der Waals surface area (Å²) in [5.74, 6) is -1.43. The highest BCUT2D eigenvalue weighted by Gasteiger charge is 2.64. The summed E-state index contributed by atoms with van der Waals surface area (Å²) >= 11 is 0. The molecule has 1 aliphatic carbocycles. The predicted molar refractivity (Wildman–Crippen MR) is 183 cm³/mol. The zero-order chi connectivity index (χ0) is 37.0. The summed E-state index contributed by atoms with van der Waals surface area (Å²) in [6, 6.07) is 3.32. The van der Waals surface area contributed by atoms with Gasteiger partial charge in [-0.25, -0.2) is 14.8 Å². The molecular formula is C37H53F3N4O6. The average Bonchev–Trinajstić information content (AvgIpc) is 3.66. The predicted octanol–water partition coefficient (Wildman–Crippen LogP) is 7.54. The van der Waals surface area contributed by atoms with E-state index in [0.717, 1.165) is 0 Å². The number of carbonyl (C=O) groups is 3. The van der Waals surface area contributed by atoms with Crippen LogP contribution in [0.25, 0.3) is 11.0 Å². The molecule has 1 unspecified atom stereocenters. The van der Waals surface area contributed by atoms with Crippen LogP contribution in [0.1, 0.15) is 105 Å². The first-order valence-electron chi connectivity index (χ1n) is 17.9. The number of rotatable bonds is 13. The minimum Gasteiger partial charge on any atom is -0.497 e. The Hall–Kier alpha value is -3.64. The van der Waals surface area contributed by atoms with E-state index in [9.17, 15) is 32.7 Å². The number of amides is 2. The molecule has 0 radical (unpaired) electrons. The standard InChI is InChI=1S/C37H53F3N4O6/c1-8-23-18-20-44(29(23)30(45)22(2)3)33(47)31(35(4,5)6)43-34(48)50-36(37(38,39)40)19-12-14-24(36)13-10-9-11-15-27-32(46)42-28-21-25(49-7)16-17-26(28)41-27/h16-17,21-24,29,31H,8-15,18-20H2,1-7H3,(H,42,46)(H,43,48)/t23-,24-,29+,31?,36-/m1/s1. The highest BCUT2D eigenvalue weighted by Crippen LogP contribution is 2.51. The minimum absolute atomic E-state index is 0.0232. The number of nitrogens with zero attached hydrogens (tertiary/aromatic N) is 3. The van der Waals surface area contributed by atoms with Gasteiger partial charge in [-0.1, -0.05) is 60.8 Å². The molecule has 2 N–H and O–H groups in total. The fourth-order valence-corrected chi connectivity index (χ4v) is 7.59. The van der Waals surface area contributed by atoms with Gasteiger partial charge in [-0.2, -0.15) is 13.2 Å². The fourth-order valence-electron chi connectivity index (χ4n) is 7.59. The van der Waals surface area contributed by atoms with Crippen molar-refractivity contribution in [1.82, 2.24) is 20.2 Å². The monoisotopic (exact) mass is 706 g/mol. The summed E-state index contributed by atoms with van der Waals surface area (Å²) < 4.78 is 55.1. The van der Waals surface area contributed by atoms with Crippen molar-refractivity contribution in [3.63, 3.8) is 0 Å². The maximum Gasteiger partial charge on any atom is 0.428 e. The second-order valence-electron chi connectivity index (χ2n) is 15.2. The number of ether oxygens (including phenoxy) is 2. The highest BCUT2D eigenvalue weighted by atomic mass is 19.4. The first-order valence-corrected chi connectivity index (χ1v) is 17.9. The van der Waals surface area contributed by atoms with Crippen molar-refractivity contribution in [2.24, 2.45) is 23.2 Å². The number of alkyl carbamates (subject to hydrolysis) is 1. The van der Waals surface area contributed by atoms with Gasteiger partial charge in [0.15, 0.2) is 5.78 Å². The van der Waals surface area contributed by atoms with Gasteiger partial charge in [0.2, 0.25) is 17.4 Å². The van der Waals surface area contributed by atoms with E-state index in [-0.39, 0.29) is 49.2 Å². The van der Waals surface area contributed by atoms with E-state index in [1.54, 1.807) is 52.8 Å². The number of hydrogen-bond donors (Lipinski definition) is 2. The van der Waals surface area contributed by atoms with Crippen molar-refractivity contribution in [2.45, 2.75) is 130 Å². The molecule has 1 saturated carbocycles. The highest BCUT2D eigenvalue weighted by molar-refractivity contribution is 5.94. The van der Waals surface area contributed by atoms with Gasteiger partial charge in [-0.3, -0.25) is 9.59 Å². The summed E-state index contributed by atoms with van der Waals surface area (Å²) in [7, 11) is 1.53. The van der Waals surface area contributed by atoms with Gasteiger partial charge in [0.25, 0.3) is 0 Å². The van der Waals surface area contributed by atoms with Crippen LogP contribution in [0.15, 0.2) is 18.2 Å². The molecule has 13 heteroatoms. The number of hydrogen-bond acceptors (Lipinski definition) is 8. The number of ketones is 1. The topological polar surface area (TPSA) is 131 Å². The third kappa shape index (κ3) is 8.45. The number of fused-ring (bicyclic) bond motifs is 1. The largest absolute Gasteiger partial charge is 0.497 e. The number of alkyl halides is 3. The molecule has 2 fully saturated rings. The van der Waals surface area contributed by atoms with E-state index in [0.29, 0.717) is 67.5 Å². The number of aryl methyl sites for hydroxylation is 1. The number of methoxy groups -OCH3 is 1. The first kappa shape index (κ1) is 39.2. The van der Waals surface area contributed by atoms with E-state index >= 15 is 0 Å². The SMILES string of the molecule is CC[C@@H]1CCN(C(=O)C(NC(=O)O[C@]2(C(F)(F)F)CCC[C@H]2CCCCCc2nc3ccc(OC)cc3nc2O)C(C)(C)C)[C@@H]1C(=O)C(C)C. The molecule has 10 nitrogen and oxygen atoms in total. The van der Waals surface area contributed by atoms with Crippen molar-refractivity contribution < 1.29 is 42.1 Å². The van der Waals surface area contributed by atoms with Crippen LogP contribution in [-0.2, 0) is 20.7 Å². The number of aromatic hydroxyl groups is 1. The number of likely N-dealkylation sites (tertiary alicyclic amines) is 1. The van der Waals surface area contributed by atoms with Crippen LogP contribution in [0, 0.1) is 23.2 Å². The van der Waals surface area contributed by atoms with Crippen LogP contribution in [0.2, 0.25) is 0 Å². The first-order chi connectivity index (χ1) is 23.4. The van der Waals surface area contributed by atoms with E-state index in [2.05, 4.69) is 15.3 Å². The molecule has 1 saturated heterocycles. The van der Waals surface area contributed by atoms with Crippen molar-refractivity contribution in [3.05, 3.63) is 23.9 Å². The van der Waals surface area contributed by atoms with Crippen LogP contribution in [0.5, 0.6) is 11.6 Å². The minimum atomic E-state index is -4.82. The lowest BCUT2D eigenvalue weighted by Gasteiger charge is -2.39. The Morgan fingerprint density at radius 3 is 2.42 bits per heavy atom. The third-order valence-corrected chi connectivity index (χ3v) is 10.5. The molecule has 0 spiro atoms. The van der Waals surface area contributed by atoms with Crippen LogP contribution in [0.4, 0.5) is 18.0 Å². The van der Waals surface area contributed by atoms with Gasteiger partial charge in [-0.15, -0.1) is 0 Å². The molecule has 1 aromatic heterocycles.